The van der Waals surface area contributed by atoms with Gasteiger partial charge in [0.2, 0.25) is 5.91 Å². The van der Waals surface area contributed by atoms with Crippen LogP contribution in [-0.2, 0) is 14.3 Å². The highest BCUT2D eigenvalue weighted by Crippen LogP contribution is 2.41. The van der Waals surface area contributed by atoms with Crippen LogP contribution in [0.5, 0.6) is 0 Å². The quantitative estimate of drug-likeness (QED) is 0.723. The second-order valence-electron chi connectivity index (χ2n) is 5.56. The Morgan fingerprint density at radius 3 is 2.33 bits per heavy atom. The van der Waals surface area contributed by atoms with Crippen LogP contribution in [-0.4, -0.2) is 36.7 Å². The van der Waals surface area contributed by atoms with Gasteiger partial charge in [-0.2, -0.15) is 0 Å². The summed E-state index contributed by atoms with van der Waals surface area (Å²) in [4.78, 5) is 23.3. The summed E-state index contributed by atoms with van der Waals surface area (Å²) in [6, 6.07) is -0.799. The lowest BCUT2D eigenvalue weighted by Gasteiger charge is -2.40. The highest BCUT2D eigenvalue weighted by Gasteiger charge is 2.45. The Balaban J connectivity index is 2.62. The lowest BCUT2D eigenvalue weighted by atomic mass is 9.68. The van der Waals surface area contributed by atoms with Gasteiger partial charge in [-0.3, -0.25) is 4.79 Å². The minimum Gasteiger partial charge on any atom is -0.480 e. The highest BCUT2D eigenvalue weighted by molar-refractivity contribution is 5.88. The zero-order chi connectivity index (χ0) is 13.8. The van der Waals surface area contributed by atoms with Gasteiger partial charge in [-0.25, -0.2) is 4.79 Å². The predicted molar refractivity (Wildman–Crippen MR) is 67.2 cm³/mol. The zero-order valence-electron chi connectivity index (χ0n) is 11.4. The molecule has 1 rings (SSSR count). The van der Waals surface area contributed by atoms with Gasteiger partial charge in [0.25, 0.3) is 0 Å². The van der Waals surface area contributed by atoms with E-state index >= 15 is 0 Å². The van der Waals surface area contributed by atoms with Crippen molar-refractivity contribution in [2.24, 2.45) is 11.3 Å². The van der Waals surface area contributed by atoms with E-state index in [4.69, 9.17) is 9.84 Å². The van der Waals surface area contributed by atoms with Crippen LogP contribution in [0.3, 0.4) is 0 Å². The SMILES string of the molecule is COCC1(C(=O)N[C@H](CC(C)C)C(=O)O)CCC1. The molecule has 1 fully saturated rings. The Morgan fingerprint density at radius 2 is 2.00 bits per heavy atom. The number of carboxylic acid groups (broad SMARTS) is 1. The molecule has 0 aliphatic heterocycles. The van der Waals surface area contributed by atoms with Crippen molar-refractivity contribution in [1.82, 2.24) is 5.32 Å². The molecule has 18 heavy (non-hydrogen) atoms. The number of aliphatic carboxylic acids is 1. The maximum Gasteiger partial charge on any atom is 0.326 e. The van der Waals surface area contributed by atoms with Crippen molar-refractivity contribution < 1.29 is 19.4 Å². The number of rotatable bonds is 7. The van der Waals surface area contributed by atoms with Gasteiger partial charge in [0.15, 0.2) is 0 Å². The zero-order valence-corrected chi connectivity index (χ0v) is 11.4. The van der Waals surface area contributed by atoms with E-state index in [1.54, 1.807) is 7.11 Å². The summed E-state index contributed by atoms with van der Waals surface area (Å²) in [6.07, 6.45) is 3.00. The molecule has 0 saturated heterocycles. The minimum atomic E-state index is -0.969. The van der Waals surface area contributed by atoms with E-state index in [2.05, 4.69) is 5.32 Å². The second kappa shape index (κ2) is 6.18. The largest absolute Gasteiger partial charge is 0.480 e. The van der Waals surface area contributed by atoms with Crippen molar-refractivity contribution >= 4 is 11.9 Å². The first kappa shape index (κ1) is 15.0. The number of amides is 1. The van der Waals surface area contributed by atoms with E-state index < -0.39 is 17.4 Å². The van der Waals surface area contributed by atoms with E-state index in [-0.39, 0.29) is 11.8 Å². The fraction of sp³-hybridized carbons (Fsp3) is 0.846. The second-order valence-corrected chi connectivity index (χ2v) is 5.56. The molecule has 104 valence electrons. The summed E-state index contributed by atoms with van der Waals surface area (Å²) in [6.45, 7) is 4.25. The first-order chi connectivity index (χ1) is 8.41. The summed E-state index contributed by atoms with van der Waals surface area (Å²) in [5.74, 6) is -0.918. The highest BCUT2D eigenvalue weighted by atomic mass is 16.5. The molecule has 1 aliphatic carbocycles. The summed E-state index contributed by atoms with van der Waals surface area (Å²) in [5, 5.41) is 11.8. The number of nitrogens with one attached hydrogen (secondary N) is 1. The average Bonchev–Trinajstić information content (AvgIpc) is 2.21. The molecule has 2 N–H and O–H groups in total. The van der Waals surface area contributed by atoms with Crippen molar-refractivity contribution in [3.63, 3.8) is 0 Å². The summed E-state index contributed by atoms with van der Waals surface area (Å²) >= 11 is 0. The Bertz CT molecular complexity index is 310. The van der Waals surface area contributed by atoms with Gasteiger partial charge < -0.3 is 15.2 Å². The standard InChI is InChI=1S/C13H23NO4/c1-9(2)7-10(11(15)16)14-12(17)13(8-18-3)5-4-6-13/h9-10H,4-8H2,1-3H3,(H,14,17)(H,15,16)/t10-/m1/s1. The third kappa shape index (κ3) is 3.45. The van der Waals surface area contributed by atoms with Gasteiger partial charge in [0, 0.05) is 7.11 Å². The fourth-order valence-corrected chi connectivity index (χ4v) is 2.32. The first-order valence-electron chi connectivity index (χ1n) is 6.44. The number of carbonyl (C=O) groups excluding carboxylic acids is 1. The normalized spacial score (nSPS) is 19.1. The number of carboxylic acids is 1. The van der Waals surface area contributed by atoms with Crippen LogP contribution in [0.2, 0.25) is 0 Å². The van der Waals surface area contributed by atoms with Crippen LogP contribution in [0.15, 0.2) is 0 Å². The monoisotopic (exact) mass is 257 g/mol. The van der Waals surface area contributed by atoms with Crippen LogP contribution in [0, 0.1) is 11.3 Å². The molecule has 1 amide bonds. The van der Waals surface area contributed by atoms with Crippen LogP contribution >= 0.6 is 0 Å². The Kier molecular flexibility index (Phi) is 5.14. The van der Waals surface area contributed by atoms with Gasteiger partial charge in [0.05, 0.1) is 12.0 Å². The van der Waals surface area contributed by atoms with Crippen molar-refractivity contribution in [2.45, 2.75) is 45.6 Å². The van der Waals surface area contributed by atoms with Gasteiger partial charge in [-0.15, -0.1) is 0 Å². The van der Waals surface area contributed by atoms with Gasteiger partial charge in [-0.1, -0.05) is 20.3 Å². The molecule has 0 aromatic rings. The number of hydrogen-bond donors (Lipinski definition) is 2. The predicted octanol–water partition coefficient (Wildman–Crippen LogP) is 1.42. The number of ether oxygens (including phenoxy) is 1. The van der Waals surface area contributed by atoms with Crippen molar-refractivity contribution in [3.8, 4) is 0 Å². The van der Waals surface area contributed by atoms with Crippen molar-refractivity contribution in [2.75, 3.05) is 13.7 Å². The molecule has 1 aliphatic rings. The van der Waals surface area contributed by atoms with Gasteiger partial charge >= 0.3 is 5.97 Å². The molecule has 0 spiro atoms. The van der Waals surface area contributed by atoms with Crippen LogP contribution in [0.4, 0.5) is 0 Å². The third-order valence-electron chi connectivity index (χ3n) is 3.52. The Morgan fingerprint density at radius 1 is 1.39 bits per heavy atom. The topological polar surface area (TPSA) is 75.6 Å². The van der Waals surface area contributed by atoms with Crippen LogP contribution in [0.1, 0.15) is 39.5 Å². The average molecular weight is 257 g/mol. The molecule has 0 aromatic carbocycles. The van der Waals surface area contributed by atoms with Crippen molar-refractivity contribution in [1.29, 1.82) is 0 Å². The Hall–Kier alpha value is -1.10. The molecule has 1 saturated carbocycles. The fourth-order valence-electron chi connectivity index (χ4n) is 2.32. The number of methoxy groups -OCH3 is 1. The molecular weight excluding hydrogens is 234 g/mol. The molecule has 0 bridgehead atoms. The minimum absolute atomic E-state index is 0.177. The van der Waals surface area contributed by atoms with E-state index in [1.165, 1.54) is 0 Å². The smallest absolute Gasteiger partial charge is 0.326 e. The summed E-state index contributed by atoms with van der Waals surface area (Å²) in [7, 11) is 1.57. The van der Waals surface area contributed by atoms with Crippen molar-refractivity contribution in [3.05, 3.63) is 0 Å². The molecule has 0 aromatic heterocycles. The molecular formula is C13H23NO4. The van der Waals surface area contributed by atoms with E-state index in [0.29, 0.717) is 13.0 Å². The Labute approximate surface area is 108 Å². The van der Waals surface area contributed by atoms with Gasteiger partial charge in [-0.05, 0) is 25.2 Å². The summed E-state index contributed by atoms with van der Waals surface area (Å²) in [5.41, 5.74) is -0.501. The number of carbonyl (C=O) groups is 2. The van der Waals surface area contributed by atoms with Gasteiger partial charge in [0.1, 0.15) is 6.04 Å². The van der Waals surface area contributed by atoms with Crippen LogP contribution in [0.25, 0.3) is 0 Å². The maximum atomic E-state index is 12.2. The lowest BCUT2D eigenvalue weighted by molar-refractivity contribution is -0.148. The first-order valence-corrected chi connectivity index (χ1v) is 6.44. The molecule has 1 atom stereocenters. The maximum absolute atomic E-state index is 12.2. The molecule has 0 radical (unpaired) electrons. The van der Waals surface area contributed by atoms with Crippen LogP contribution < -0.4 is 5.32 Å². The lowest BCUT2D eigenvalue weighted by Crippen LogP contribution is -2.53. The summed E-state index contributed by atoms with van der Waals surface area (Å²) < 4.78 is 5.09. The molecule has 0 heterocycles. The molecule has 0 unspecified atom stereocenters. The molecule has 5 heteroatoms. The van der Waals surface area contributed by atoms with E-state index in [1.807, 2.05) is 13.8 Å². The van der Waals surface area contributed by atoms with E-state index in [9.17, 15) is 9.59 Å². The van der Waals surface area contributed by atoms with E-state index in [0.717, 1.165) is 19.3 Å². The molecule has 5 nitrogen and oxygen atoms in total. The third-order valence-corrected chi connectivity index (χ3v) is 3.52. The number of hydrogen-bond acceptors (Lipinski definition) is 3.